The van der Waals surface area contributed by atoms with Crippen molar-refractivity contribution in [2.75, 3.05) is 38.8 Å². The van der Waals surface area contributed by atoms with E-state index >= 15 is 0 Å². The zero-order valence-corrected chi connectivity index (χ0v) is 12.7. The number of rotatable bonds is 4. The molecule has 1 amide bonds. The SMILES string of the molecule is CNC1CCN(CC(=O)Nc2ccc3c(c2)OCO3)C1.Cl. The molecule has 0 spiro atoms. The molecule has 1 aromatic carbocycles. The summed E-state index contributed by atoms with van der Waals surface area (Å²) in [4.78, 5) is 14.2. The Labute approximate surface area is 130 Å². The third-order valence-electron chi connectivity index (χ3n) is 3.70. The van der Waals surface area contributed by atoms with Gasteiger partial charge in [-0.05, 0) is 25.6 Å². The van der Waals surface area contributed by atoms with Gasteiger partial charge in [-0.1, -0.05) is 0 Å². The van der Waals surface area contributed by atoms with Crippen molar-refractivity contribution in [1.29, 1.82) is 0 Å². The second-order valence-electron chi connectivity index (χ2n) is 5.13. The van der Waals surface area contributed by atoms with Crippen LogP contribution in [0.4, 0.5) is 5.69 Å². The average Bonchev–Trinajstić information content (AvgIpc) is 3.06. The number of carbonyl (C=O) groups excluding carboxylic acids is 1. The third-order valence-corrected chi connectivity index (χ3v) is 3.70. The number of benzene rings is 1. The maximum Gasteiger partial charge on any atom is 0.238 e. The standard InChI is InChI=1S/C14H19N3O3.ClH/c1-15-11-4-5-17(7-11)8-14(18)16-10-2-3-12-13(6-10)20-9-19-12;/h2-3,6,11,15H,4-5,7-9H2,1H3,(H,16,18);1H. The van der Waals surface area contributed by atoms with Crippen LogP contribution < -0.4 is 20.1 Å². The van der Waals surface area contributed by atoms with E-state index in [1.54, 1.807) is 6.07 Å². The van der Waals surface area contributed by atoms with Crippen LogP contribution in [0, 0.1) is 0 Å². The fourth-order valence-corrected chi connectivity index (χ4v) is 2.59. The van der Waals surface area contributed by atoms with Crippen LogP contribution in [-0.2, 0) is 4.79 Å². The summed E-state index contributed by atoms with van der Waals surface area (Å²) in [5.41, 5.74) is 0.739. The van der Waals surface area contributed by atoms with Crippen molar-refractivity contribution in [3.05, 3.63) is 18.2 Å². The Hall–Kier alpha value is -1.50. The van der Waals surface area contributed by atoms with Crippen molar-refractivity contribution in [3.8, 4) is 11.5 Å². The first kappa shape index (κ1) is 15.9. The fourth-order valence-electron chi connectivity index (χ4n) is 2.59. The lowest BCUT2D eigenvalue weighted by molar-refractivity contribution is -0.117. The molecule has 0 bridgehead atoms. The summed E-state index contributed by atoms with van der Waals surface area (Å²) >= 11 is 0. The molecule has 0 aromatic heterocycles. The van der Waals surface area contributed by atoms with E-state index in [0.29, 0.717) is 18.3 Å². The van der Waals surface area contributed by atoms with E-state index in [1.165, 1.54) is 0 Å². The Bertz CT molecular complexity index is 512. The van der Waals surface area contributed by atoms with Gasteiger partial charge in [0.2, 0.25) is 12.7 Å². The van der Waals surface area contributed by atoms with Gasteiger partial charge in [0.1, 0.15) is 0 Å². The number of hydrogen-bond donors (Lipinski definition) is 2. The van der Waals surface area contributed by atoms with Gasteiger partial charge in [-0.25, -0.2) is 0 Å². The Kier molecular flexibility index (Phi) is 5.27. The topological polar surface area (TPSA) is 62.8 Å². The summed E-state index contributed by atoms with van der Waals surface area (Å²) in [6.07, 6.45) is 1.09. The van der Waals surface area contributed by atoms with E-state index in [4.69, 9.17) is 9.47 Å². The van der Waals surface area contributed by atoms with Gasteiger partial charge in [0.15, 0.2) is 11.5 Å². The Morgan fingerprint density at radius 3 is 2.95 bits per heavy atom. The summed E-state index contributed by atoms with van der Waals surface area (Å²) in [6.45, 7) is 2.55. The Morgan fingerprint density at radius 1 is 1.38 bits per heavy atom. The molecule has 2 aliphatic rings. The number of halogens is 1. The number of nitrogens with one attached hydrogen (secondary N) is 2. The van der Waals surface area contributed by atoms with Gasteiger partial charge >= 0.3 is 0 Å². The number of amides is 1. The lowest BCUT2D eigenvalue weighted by Gasteiger charge is -2.15. The molecule has 1 unspecified atom stereocenters. The van der Waals surface area contributed by atoms with E-state index in [2.05, 4.69) is 15.5 Å². The van der Waals surface area contributed by atoms with Crippen molar-refractivity contribution < 1.29 is 14.3 Å². The normalized spacial score (nSPS) is 20.1. The summed E-state index contributed by atoms with van der Waals surface area (Å²) in [5, 5.41) is 6.14. The first-order valence-corrected chi connectivity index (χ1v) is 6.84. The molecule has 0 aliphatic carbocycles. The summed E-state index contributed by atoms with van der Waals surface area (Å²) in [6, 6.07) is 5.92. The highest BCUT2D eigenvalue weighted by Crippen LogP contribution is 2.34. The maximum absolute atomic E-state index is 12.0. The minimum Gasteiger partial charge on any atom is -0.454 e. The molecule has 1 fully saturated rings. The van der Waals surface area contributed by atoms with Gasteiger partial charge in [-0.2, -0.15) is 0 Å². The van der Waals surface area contributed by atoms with Crippen LogP contribution in [0.1, 0.15) is 6.42 Å². The van der Waals surface area contributed by atoms with Crippen LogP contribution in [0.3, 0.4) is 0 Å². The zero-order valence-electron chi connectivity index (χ0n) is 11.9. The van der Waals surface area contributed by atoms with Crippen LogP contribution in [0.2, 0.25) is 0 Å². The molecule has 116 valence electrons. The number of ether oxygens (including phenoxy) is 2. The van der Waals surface area contributed by atoms with Gasteiger partial charge in [0.05, 0.1) is 6.54 Å². The molecular weight excluding hydrogens is 294 g/mol. The minimum absolute atomic E-state index is 0. The highest BCUT2D eigenvalue weighted by Gasteiger charge is 2.22. The highest BCUT2D eigenvalue weighted by atomic mass is 35.5. The number of carbonyl (C=O) groups is 1. The second-order valence-corrected chi connectivity index (χ2v) is 5.13. The van der Waals surface area contributed by atoms with E-state index in [0.717, 1.165) is 30.9 Å². The molecule has 1 aromatic rings. The van der Waals surface area contributed by atoms with E-state index in [1.807, 2.05) is 19.2 Å². The molecule has 6 nitrogen and oxygen atoms in total. The van der Waals surface area contributed by atoms with Crippen LogP contribution in [-0.4, -0.2) is 50.3 Å². The minimum atomic E-state index is 0. The van der Waals surface area contributed by atoms with E-state index in [9.17, 15) is 4.79 Å². The fraction of sp³-hybridized carbons (Fsp3) is 0.500. The molecule has 2 N–H and O–H groups in total. The highest BCUT2D eigenvalue weighted by molar-refractivity contribution is 5.92. The van der Waals surface area contributed by atoms with Gasteiger partial charge < -0.3 is 20.1 Å². The Morgan fingerprint density at radius 2 is 2.19 bits per heavy atom. The lowest BCUT2D eigenvalue weighted by Crippen LogP contribution is -2.34. The van der Waals surface area contributed by atoms with Crippen LogP contribution in [0.25, 0.3) is 0 Å². The summed E-state index contributed by atoms with van der Waals surface area (Å²) < 4.78 is 10.5. The predicted octanol–water partition coefficient (Wildman–Crippen LogP) is 1.07. The lowest BCUT2D eigenvalue weighted by atomic mass is 10.2. The van der Waals surface area contributed by atoms with Crippen LogP contribution in [0.15, 0.2) is 18.2 Å². The van der Waals surface area contributed by atoms with Crippen molar-refractivity contribution in [3.63, 3.8) is 0 Å². The second kappa shape index (κ2) is 6.98. The molecule has 1 atom stereocenters. The quantitative estimate of drug-likeness (QED) is 0.870. The van der Waals surface area contributed by atoms with Crippen LogP contribution >= 0.6 is 12.4 Å². The van der Waals surface area contributed by atoms with Gasteiger partial charge in [-0.15, -0.1) is 12.4 Å². The predicted molar refractivity (Wildman–Crippen MR) is 82.3 cm³/mol. The summed E-state index contributed by atoms with van der Waals surface area (Å²) in [5.74, 6) is 1.40. The molecule has 2 aliphatic heterocycles. The van der Waals surface area contributed by atoms with Gasteiger partial charge in [0.25, 0.3) is 0 Å². The molecule has 1 saturated heterocycles. The maximum atomic E-state index is 12.0. The average molecular weight is 314 g/mol. The molecule has 0 radical (unpaired) electrons. The molecule has 3 rings (SSSR count). The Balaban J connectivity index is 0.00000161. The molecule has 7 heteroatoms. The number of nitrogens with zero attached hydrogens (tertiary/aromatic N) is 1. The van der Waals surface area contributed by atoms with Crippen molar-refractivity contribution in [1.82, 2.24) is 10.2 Å². The van der Waals surface area contributed by atoms with E-state index < -0.39 is 0 Å². The first-order chi connectivity index (χ1) is 9.74. The number of fused-ring (bicyclic) bond motifs is 1. The molecular formula is C14H20ClN3O3. The largest absolute Gasteiger partial charge is 0.454 e. The number of hydrogen-bond acceptors (Lipinski definition) is 5. The van der Waals surface area contributed by atoms with Gasteiger partial charge in [0, 0.05) is 30.9 Å². The number of likely N-dealkylation sites (N-methyl/N-ethyl adjacent to an activating group) is 1. The van der Waals surface area contributed by atoms with E-state index in [-0.39, 0.29) is 25.1 Å². The molecule has 21 heavy (non-hydrogen) atoms. The van der Waals surface area contributed by atoms with Gasteiger partial charge in [-0.3, -0.25) is 9.69 Å². The molecule has 0 saturated carbocycles. The van der Waals surface area contributed by atoms with Crippen molar-refractivity contribution in [2.45, 2.75) is 12.5 Å². The third kappa shape index (κ3) is 3.78. The van der Waals surface area contributed by atoms with Crippen molar-refractivity contribution >= 4 is 24.0 Å². The monoisotopic (exact) mass is 313 g/mol. The van der Waals surface area contributed by atoms with Crippen LogP contribution in [0.5, 0.6) is 11.5 Å². The smallest absolute Gasteiger partial charge is 0.238 e. The number of likely N-dealkylation sites (tertiary alicyclic amines) is 1. The number of anilines is 1. The zero-order chi connectivity index (χ0) is 13.9. The first-order valence-electron chi connectivity index (χ1n) is 6.84. The molecule has 2 heterocycles. The summed E-state index contributed by atoms with van der Waals surface area (Å²) in [7, 11) is 1.96. The van der Waals surface area contributed by atoms with Crippen molar-refractivity contribution in [2.24, 2.45) is 0 Å².